The van der Waals surface area contributed by atoms with Gasteiger partial charge in [0.25, 0.3) is 0 Å². The summed E-state index contributed by atoms with van der Waals surface area (Å²) in [5, 5.41) is 13.7. The third-order valence-corrected chi connectivity index (χ3v) is 3.67. The minimum absolute atomic E-state index is 0.231. The number of ether oxygens (including phenoxy) is 1. The van der Waals surface area contributed by atoms with Gasteiger partial charge in [-0.1, -0.05) is 11.6 Å². The van der Waals surface area contributed by atoms with Crippen LogP contribution < -0.4 is 10.1 Å². The first-order chi connectivity index (χ1) is 9.10. The van der Waals surface area contributed by atoms with E-state index in [1.165, 1.54) is 0 Å². The smallest absolute Gasteiger partial charge is 0.120 e. The summed E-state index contributed by atoms with van der Waals surface area (Å²) in [6.07, 6.45) is 0. The monoisotopic (exact) mass is 389 g/mol. The third kappa shape index (κ3) is 3.67. The van der Waals surface area contributed by atoms with Crippen LogP contribution in [-0.2, 0) is 6.54 Å². The fourth-order valence-corrected chi connectivity index (χ4v) is 2.58. The van der Waals surface area contributed by atoms with Crippen molar-refractivity contribution in [3.63, 3.8) is 0 Å². The quantitative estimate of drug-likeness (QED) is 0.767. The van der Waals surface area contributed by atoms with Gasteiger partial charge in [-0.15, -0.1) is 0 Å². The van der Waals surface area contributed by atoms with Crippen molar-refractivity contribution in [2.75, 3.05) is 12.4 Å². The van der Waals surface area contributed by atoms with Crippen LogP contribution in [0, 0.1) is 3.57 Å². The van der Waals surface area contributed by atoms with Gasteiger partial charge in [0.15, 0.2) is 0 Å². The second-order valence-corrected chi connectivity index (χ2v) is 5.63. The Balaban J connectivity index is 2.14. The molecule has 2 rings (SSSR count). The van der Waals surface area contributed by atoms with Gasteiger partial charge in [0.1, 0.15) is 11.5 Å². The van der Waals surface area contributed by atoms with E-state index >= 15 is 0 Å². The highest BCUT2D eigenvalue weighted by atomic mass is 127. The molecule has 2 aromatic carbocycles. The molecule has 0 aliphatic heterocycles. The molecule has 0 heterocycles. The molecule has 0 radical (unpaired) electrons. The molecule has 0 aromatic heterocycles. The topological polar surface area (TPSA) is 41.5 Å². The van der Waals surface area contributed by atoms with Crippen LogP contribution in [0.5, 0.6) is 11.5 Å². The average molecular weight is 390 g/mol. The number of anilines is 1. The molecule has 0 fully saturated rings. The van der Waals surface area contributed by atoms with Gasteiger partial charge in [0.2, 0.25) is 0 Å². The molecule has 2 N–H and O–H groups in total. The molecule has 3 nitrogen and oxygen atoms in total. The highest BCUT2D eigenvalue weighted by Gasteiger charge is 2.05. The van der Waals surface area contributed by atoms with Gasteiger partial charge in [-0.05, 0) is 59.0 Å². The molecule has 19 heavy (non-hydrogen) atoms. The molecule has 5 heteroatoms. The van der Waals surface area contributed by atoms with Crippen molar-refractivity contribution in [2.45, 2.75) is 6.54 Å². The lowest BCUT2D eigenvalue weighted by Crippen LogP contribution is -2.01. The number of halogens is 2. The number of hydrogen-bond donors (Lipinski definition) is 2. The standard InChI is InChI=1S/C14H13ClINO2/c1-19-11-3-5-14(18)9(6-11)8-17-13-4-2-10(16)7-12(13)15/h2-7,17-18H,8H2,1H3. The van der Waals surface area contributed by atoms with E-state index in [0.29, 0.717) is 17.3 Å². The summed E-state index contributed by atoms with van der Waals surface area (Å²) in [6, 6.07) is 10.9. The Morgan fingerprint density at radius 1 is 1.26 bits per heavy atom. The van der Waals surface area contributed by atoms with Crippen LogP contribution in [0.25, 0.3) is 0 Å². The fraction of sp³-hybridized carbons (Fsp3) is 0.143. The molecule has 0 saturated heterocycles. The van der Waals surface area contributed by atoms with Gasteiger partial charge in [-0.25, -0.2) is 0 Å². The predicted molar refractivity (Wildman–Crippen MR) is 86.2 cm³/mol. The normalized spacial score (nSPS) is 10.3. The average Bonchev–Trinajstić information content (AvgIpc) is 2.39. The largest absolute Gasteiger partial charge is 0.508 e. The van der Waals surface area contributed by atoms with E-state index in [0.717, 1.165) is 14.8 Å². The van der Waals surface area contributed by atoms with Gasteiger partial charge < -0.3 is 15.2 Å². The number of phenols is 1. The minimum Gasteiger partial charge on any atom is -0.508 e. The van der Waals surface area contributed by atoms with E-state index in [9.17, 15) is 5.11 Å². The number of benzene rings is 2. The van der Waals surface area contributed by atoms with Crippen molar-refractivity contribution in [1.82, 2.24) is 0 Å². The Morgan fingerprint density at radius 3 is 2.74 bits per heavy atom. The molecule has 0 spiro atoms. The van der Waals surface area contributed by atoms with E-state index in [1.807, 2.05) is 18.2 Å². The molecule has 2 aromatic rings. The number of phenolic OH excluding ortho intramolecular Hbond substituents is 1. The molecule has 100 valence electrons. The third-order valence-electron chi connectivity index (χ3n) is 2.69. The maximum absolute atomic E-state index is 9.79. The van der Waals surface area contributed by atoms with E-state index in [1.54, 1.807) is 25.3 Å². The van der Waals surface area contributed by atoms with Crippen LogP contribution in [0.1, 0.15) is 5.56 Å². The number of methoxy groups -OCH3 is 1. The van der Waals surface area contributed by atoms with E-state index in [-0.39, 0.29) is 5.75 Å². The summed E-state index contributed by atoms with van der Waals surface area (Å²) >= 11 is 8.35. The second kappa shape index (κ2) is 6.34. The van der Waals surface area contributed by atoms with Gasteiger partial charge in [-0.2, -0.15) is 0 Å². The van der Waals surface area contributed by atoms with Gasteiger partial charge in [-0.3, -0.25) is 0 Å². The maximum Gasteiger partial charge on any atom is 0.120 e. The maximum atomic E-state index is 9.79. The van der Waals surface area contributed by atoms with Crippen LogP contribution >= 0.6 is 34.2 Å². The zero-order valence-corrected chi connectivity index (χ0v) is 13.2. The number of aromatic hydroxyl groups is 1. The van der Waals surface area contributed by atoms with E-state index < -0.39 is 0 Å². The first-order valence-electron chi connectivity index (χ1n) is 5.65. The highest BCUT2D eigenvalue weighted by molar-refractivity contribution is 14.1. The SMILES string of the molecule is COc1ccc(O)c(CNc2ccc(I)cc2Cl)c1. The Bertz CT molecular complexity index is 590. The summed E-state index contributed by atoms with van der Waals surface area (Å²) < 4.78 is 6.22. The minimum atomic E-state index is 0.231. The summed E-state index contributed by atoms with van der Waals surface area (Å²) in [5.41, 5.74) is 1.60. The number of nitrogens with one attached hydrogen (secondary N) is 1. The Hall–Kier alpha value is -1.14. The van der Waals surface area contributed by atoms with Crippen LogP contribution in [-0.4, -0.2) is 12.2 Å². The van der Waals surface area contributed by atoms with Crippen molar-refractivity contribution in [3.8, 4) is 11.5 Å². The summed E-state index contributed by atoms with van der Waals surface area (Å²) in [5.74, 6) is 0.943. The lowest BCUT2D eigenvalue weighted by Gasteiger charge is -2.11. The molecular weight excluding hydrogens is 377 g/mol. The van der Waals surface area contributed by atoms with E-state index in [4.69, 9.17) is 16.3 Å². The number of rotatable bonds is 4. The Labute approximate surface area is 130 Å². The summed E-state index contributed by atoms with van der Waals surface area (Å²) in [7, 11) is 1.60. The van der Waals surface area contributed by atoms with Crippen molar-refractivity contribution in [2.24, 2.45) is 0 Å². The fourth-order valence-electron chi connectivity index (χ4n) is 1.65. The lowest BCUT2D eigenvalue weighted by molar-refractivity contribution is 0.411. The molecule has 0 amide bonds. The van der Waals surface area contributed by atoms with E-state index in [2.05, 4.69) is 27.9 Å². The summed E-state index contributed by atoms with van der Waals surface area (Å²) in [6.45, 7) is 0.476. The van der Waals surface area contributed by atoms with Crippen LogP contribution in [0.3, 0.4) is 0 Å². The van der Waals surface area contributed by atoms with Gasteiger partial charge in [0, 0.05) is 15.7 Å². The number of hydrogen-bond acceptors (Lipinski definition) is 3. The molecule has 0 aliphatic rings. The van der Waals surface area contributed by atoms with Gasteiger partial charge in [0.05, 0.1) is 17.8 Å². The highest BCUT2D eigenvalue weighted by Crippen LogP contribution is 2.27. The summed E-state index contributed by atoms with van der Waals surface area (Å²) in [4.78, 5) is 0. The van der Waals surface area contributed by atoms with Crippen molar-refractivity contribution >= 4 is 39.9 Å². The van der Waals surface area contributed by atoms with Crippen molar-refractivity contribution < 1.29 is 9.84 Å². The second-order valence-electron chi connectivity index (χ2n) is 3.97. The first-order valence-corrected chi connectivity index (χ1v) is 7.10. The van der Waals surface area contributed by atoms with Crippen LogP contribution in [0.2, 0.25) is 5.02 Å². The van der Waals surface area contributed by atoms with Crippen molar-refractivity contribution in [1.29, 1.82) is 0 Å². The lowest BCUT2D eigenvalue weighted by atomic mass is 10.2. The molecule has 0 atom stereocenters. The predicted octanol–water partition coefficient (Wildman–Crippen LogP) is 4.27. The first kappa shape index (κ1) is 14.3. The van der Waals surface area contributed by atoms with Gasteiger partial charge >= 0.3 is 0 Å². The van der Waals surface area contributed by atoms with Crippen molar-refractivity contribution in [3.05, 3.63) is 50.6 Å². The molecular formula is C14H13ClINO2. The Morgan fingerprint density at radius 2 is 2.05 bits per heavy atom. The zero-order valence-electron chi connectivity index (χ0n) is 10.3. The zero-order chi connectivity index (χ0) is 13.8. The molecule has 0 aliphatic carbocycles. The Kier molecular flexibility index (Phi) is 4.76. The van der Waals surface area contributed by atoms with Crippen LogP contribution in [0.15, 0.2) is 36.4 Å². The molecule has 0 saturated carbocycles. The molecule has 0 bridgehead atoms. The van der Waals surface area contributed by atoms with Crippen LogP contribution in [0.4, 0.5) is 5.69 Å². The molecule has 0 unspecified atom stereocenters.